The first-order valence-electron chi connectivity index (χ1n) is 1.93. The van der Waals surface area contributed by atoms with Gasteiger partial charge in [0.25, 0.3) is 0 Å². The summed E-state index contributed by atoms with van der Waals surface area (Å²) in [6, 6.07) is 0. The Morgan fingerprint density at radius 3 is 1.20 bits per heavy atom. The van der Waals surface area contributed by atoms with Crippen molar-refractivity contribution in [2.45, 2.75) is 0 Å². The summed E-state index contributed by atoms with van der Waals surface area (Å²) in [5, 5.41) is 15.4. The zero-order valence-electron chi connectivity index (χ0n) is 12.8. The molecule has 0 bridgehead atoms. The van der Waals surface area contributed by atoms with Crippen molar-refractivity contribution in [3.05, 3.63) is 0 Å². The van der Waals surface area contributed by atoms with Crippen LogP contribution in [0.1, 0.15) is 5.71 Å². The molecule has 2 N–H and O–H groups in total. The van der Waals surface area contributed by atoms with Crippen LogP contribution in [-0.4, -0.2) is 30.9 Å². The molecule has 0 aromatic rings. The summed E-state index contributed by atoms with van der Waals surface area (Å²) in [5.74, 6) is 0. The summed E-state index contributed by atoms with van der Waals surface area (Å²) in [5.41, 5.74) is 0. The van der Waals surface area contributed by atoms with Crippen LogP contribution in [0, 0.1) is 0 Å². The molecule has 0 aromatic carbocycles. The maximum Gasteiger partial charge on any atom is 1.00 e. The van der Waals surface area contributed by atoms with Crippen molar-refractivity contribution in [3.8, 4) is 0 Å². The van der Waals surface area contributed by atoms with Crippen LogP contribution in [0.3, 0.4) is 0 Å². The van der Waals surface area contributed by atoms with E-state index in [9.17, 15) is 18.0 Å². The Kier molecular flexibility index (Phi) is 25.6. The average molecular weight is 218 g/mol. The quantitative estimate of drug-likeness (QED) is 0.437. The van der Waals surface area contributed by atoms with Gasteiger partial charge in [0, 0.05) is 0 Å². The first-order chi connectivity index (χ1) is 4.83. The molecule has 0 radical (unpaired) electrons. The van der Waals surface area contributed by atoms with Crippen molar-refractivity contribution in [3.63, 3.8) is 0 Å². The number of carbonyl (C=O) groups is 2. The first-order valence-corrected chi connectivity index (χ1v) is 3.26. The Morgan fingerprint density at radius 1 is 0.867 bits per heavy atom. The van der Waals surface area contributed by atoms with Crippen LogP contribution in [0.25, 0.3) is 0 Å². The molecule has 0 aliphatic heterocycles. The molecule has 72 valence electrons. The van der Waals surface area contributed by atoms with Crippen LogP contribution in [0.2, 0.25) is 0 Å². The molecule has 0 atom stereocenters. The van der Waals surface area contributed by atoms with Gasteiger partial charge in [-0.1, -0.05) is 0 Å². The zero-order chi connectivity index (χ0) is 9.07. The van der Waals surface area contributed by atoms with Crippen molar-refractivity contribution < 1.29 is 118 Å². The summed E-state index contributed by atoms with van der Waals surface area (Å²) in [6.45, 7) is 0. The fourth-order valence-corrected chi connectivity index (χ4v) is 0.575. The fraction of sp³-hybridized carbons (Fsp3) is 0. The monoisotopic (exact) mass is 218 g/mol. The SMILES string of the molecule is O=C(O)OS(=O)(=O)OC(=O)O.[H-].[H-].[H-].[H-].[Li+].[Li+].[Li+].[Li+]. The second kappa shape index (κ2) is 12.9. The summed E-state index contributed by atoms with van der Waals surface area (Å²) in [7, 11) is -4.98. The first kappa shape index (κ1) is 29.7. The second-order valence-electron chi connectivity index (χ2n) is 1.11. The number of hydrogen-bond donors (Lipinski definition) is 2. The summed E-state index contributed by atoms with van der Waals surface area (Å²) < 4.78 is 26.2. The van der Waals surface area contributed by atoms with Crippen molar-refractivity contribution >= 4 is 22.7 Å². The second-order valence-corrected chi connectivity index (χ2v) is 2.26. The van der Waals surface area contributed by atoms with Gasteiger partial charge in [0.2, 0.25) is 0 Å². The van der Waals surface area contributed by atoms with E-state index >= 15 is 0 Å². The Labute approximate surface area is 139 Å². The van der Waals surface area contributed by atoms with Gasteiger partial charge < -0.3 is 15.9 Å². The molecule has 13 heteroatoms. The van der Waals surface area contributed by atoms with Gasteiger partial charge in [0.05, 0.1) is 0 Å². The molecule has 0 unspecified atom stereocenters. The van der Waals surface area contributed by atoms with Crippen molar-refractivity contribution in [1.29, 1.82) is 0 Å². The minimum Gasteiger partial charge on any atom is -1.00 e. The van der Waals surface area contributed by atoms with Crippen LogP contribution >= 0.6 is 0 Å². The van der Waals surface area contributed by atoms with Crippen LogP contribution in [0.15, 0.2) is 0 Å². The van der Waals surface area contributed by atoms with Crippen molar-refractivity contribution in [1.82, 2.24) is 0 Å². The van der Waals surface area contributed by atoms with E-state index < -0.39 is 22.7 Å². The van der Waals surface area contributed by atoms with Crippen LogP contribution in [0.5, 0.6) is 0 Å². The van der Waals surface area contributed by atoms with Gasteiger partial charge in [0.15, 0.2) is 0 Å². The molecule has 0 aliphatic rings. The third-order valence-corrected chi connectivity index (χ3v) is 1.04. The van der Waals surface area contributed by atoms with E-state index in [0.29, 0.717) is 0 Å². The Balaban J connectivity index is -0.0000000179. The molecule has 0 aliphatic carbocycles. The predicted molar refractivity (Wildman–Crippen MR) is 31.6 cm³/mol. The van der Waals surface area contributed by atoms with Gasteiger partial charge >= 0.3 is 98.2 Å². The Hall–Kier alpha value is 0.880. The smallest absolute Gasteiger partial charge is 1.00 e. The average Bonchev–Trinajstić information content (AvgIpc) is 1.53. The van der Waals surface area contributed by atoms with E-state index in [2.05, 4.69) is 8.37 Å². The topological polar surface area (TPSA) is 127 Å². The third-order valence-electron chi connectivity index (χ3n) is 0.347. The molecule has 8 nitrogen and oxygen atoms in total. The molecular weight excluding hydrogens is 212 g/mol. The zero-order valence-corrected chi connectivity index (χ0v) is 9.57. The molecule has 0 fully saturated rings. The maximum atomic E-state index is 10.0. The Bertz CT molecular complexity index is 264. The summed E-state index contributed by atoms with van der Waals surface area (Å²) in [4.78, 5) is 19.0. The molecule has 15 heavy (non-hydrogen) atoms. The molecule has 0 saturated heterocycles. The summed E-state index contributed by atoms with van der Waals surface area (Å²) in [6.07, 6.45) is -4.35. The van der Waals surface area contributed by atoms with E-state index in [4.69, 9.17) is 10.2 Å². The maximum absolute atomic E-state index is 10.0. The van der Waals surface area contributed by atoms with Gasteiger partial charge in [-0.3, -0.25) is 8.37 Å². The largest absolute Gasteiger partial charge is 1.00 e. The standard InChI is InChI=1S/C2H2O8S.4Li.4H/c3-1(4)9-11(7,8)10-2(5)6;;;;;;;;/h(H,3,4)(H,5,6);;;;;;;;/q;4*+1;4*-1. The normalized spacial score (nSPS) is 7.47. The molecule has 0 amide bonds. The van der Waals surface area contributed by atoms with Crippen molar-refractivity contribution in [2.75, 3.05) is 0 Å². The van der Waals surface area contributed by atoms with E-state index in [1.807, 2.05) is 0 Å². The molecular formula is C2H6Li4O8S. The van der Waals surface area contributed by atoms with Crippen LogP contribution in [-0.2, 0) is 18.8 Å². The van der Waals surface area contributed by atoms with Gasteiger partial charge in [0.1, 0.15) is 0 Å². The van der Waals surface area contributed by atoms with Crippen LogP contribution < -0.4 is 75.4 Å². The van der Waals surface area contributed by atoms with Crippen LogP contribution in [0.4, 0.5) is 9.59 Å². The van der Waals surface area contributed by atoms with Gasteiger partial charge in [-0.25, -0.2) is 9.59 Å². The number of carboxylic acid groups (broad SMARTS) is 2. The molecule has 0 saturated carbocycles. The van der Waals surface area contributed by atoms with E-state index in [0.717, 1.165) is 0 Å². The van der Waals surface area contributed by atoms with Gasteiger partial charge in [-0.15, -0.1) is 8.42 Å². The summed E-state index contributed by atoms with van der Waals surface area (Å²) >= 11 is 0. The molecule has 0 rings (SSSR count). The minimum atomic E-state index is -4.98. The molecule has 0 spiro atoms. The Morgan fingerprint density at radius 2 is 1.07 bits per heavy atom. The number of hydrogen-bond acceptors (Lipinski definition) is 6. The third kappa shape index (κ3) is 20.9. The van der Waals surface area contributed by atoms with E-state index in [1.165, 1.54) is 0 Å². The van der Waals surface area contributed by atoms with Crippen molar-refractivity contribution in [2.24, 2.45) is 0 Å². The fourth-order valence-electron chi connectivity index (χ4n) is 0.192. The molecule has 0 aromatic heterocycles. The molecule has 0 heterocycles. The minimum absolute atomic E-state index is 0. The van der Waals surface area contributed by atoms with Gasteiger partial charge in [-0.2, -0.15) is 0 Å². The number of rotatable bonds is 2. The predicted octanol–water partition coefficient (Wildman–Crippen LogP) is -11.9. The van der Waals surface area contributed by atoms with Gasteiger partial charge in [-0.05, 0) is 0 Å². The van der Waals surface area contributed by atoms with E-state index in [1.54, 1.807) is 0 Å². The van der Waals surface area contributed by atoms with E-state index in [-0.39, 0.29) is 81.1 Å².